The third-order valence-corrected chi connectivity index (χ3v) is 6.24. The molecule has 4 atom stereocenters. The Labute approximate surface area is 120 Å². The molecule has 5 rings (SSSR count). The molecule has 1 N–H and O–H groups in total. The van der Waals surface area contributed by atoms with E-state index in [0.717, 1.165) is 2.70 Å². The van der Waals surface area contributed by atoms with Crippen molar-refractivity contribution in [2.75, 3.05) is 7.05 Å². The predicted octanol–water partition coefficient (Wildman–Crippen LogP) is 2.51. The zero-order valence-corrected chi connectivity index (χ0v) is 12.1. The molecule has 0 saturated carbocycles. The van der Waals surface area contributed by atoms with Gasteiger partial charge in [-0.1, -0.05) is 12.1 Å². The number of halogens is 1. The highest BCUT2D eigenvalue weighted by molar-refractivity contribution is 14.1. The second-order valence-corrected chi connectivity index (χ2v) is 7.08. The fourth-order valence-electron chi connectivity index (χ4n) is 3.87. The van der Waals surface area contributed by atoms with E-state index in [-0.39, 0.29) is 0 Å². The molecule has 4 aliphatic rings. The van der Waals surface area contributed by atoms with Crippen molar-refractivity contribution in [3.8, 4) is 0 Å². The Morgan fingerprint density at radius 3 is 3.11 bits per heavy atom. The van der Waals surface area contributed by atoms with Crippen LogP contribution in [0.1, 0.15) is 17.2 Å². The first-order valence-electron chi connectivity index (χ1n) is 6.31. The molecular formula is C14H13IN3+. The molecule has 0 aromatic heterocycles. The number of nitrogens with zero attached hydrogens (tertiary/aromatic N) is 2. The number of likely N-dealkylation sites (N-methyl/N-ethyl adjacent to an activating group) is 1. The van der Waals surface area contributed by atoms with Gasteiger partial charge in [-0.05, 0) is 12.1 Å². The minimum atomic E-state index is 0.504. The van der Waals surface area contributed by atoms with Crippen LogP contribution in [0.25, 0.3) is 6.08 Å². The van der Waals surface area contributed by atoms with Crippen molar-refractivity contribution in [3.05, 3.63) is 47.3 Å². The van der Waals surface area contributed by atoms with Gasteiger partial charge < -0.3 is 4.90 Å². The summed E-state index contributed by atoms with van der Waals surface area (Å²) in [6.45, 7) is 0. The molecule has 4 heteroatoms. The summed E-state index contributed by atoms with van der Waals surface area (Å²) < 4.78 is 0.921. The second-order valence-electron chi connectivity index (χ2n) is 5.56. The van der Waals surface area contributed by atoms with Gasteiger partial charge in [-0.2, -0.15) is 2.70 Å². The summed E-state index contributed by atoms with van der Waals surface area (Å²) >= 11 is 2.63. The third-order valence-electron chi connectivity index (χ3n) is 4.63. The van der Waals surface area contributed by atoms with Crippen LogP contribution in [0.3, 0.4) is 0 Å². The molecule has 4 aliphatic heterocycles. The minimum absolute atomic E-state index is 0.504. The first kappa shape index (κ1) is 10.00. The van der Waals surface area contributed by atoms with Gasteiger partial charge in [0.05, 0.1) is 12.2 Å². The normalized spacial score (nSPS) is 41.3. The zero-order chi connectivity index (χ0) is 12.1. The van der Waals surface area contributed by atoms with E-state index in [1.165, 1.54) is 22.5 Å². The van der Waals surface area contributed by atoms with Gasteiger partial charge in [-0.15, -0.1) is 0 Å². The molecule has 4 unspecified atom stereocenters. The van der Waals surface area contributed by atoms with E-state index in [9.17, 15) is 0 Å². The van der Waals surface area contributed by atoms with Gasteiger partial charge in [-0.25, -0.2) is 0 Å². The molecule has 4 heterocycles. The number of hydrogen-bond donors (Lipinski definition) is 1. The SMILES string of the molecule is CN1C=C2C=Cc3cccc4c3[N+]2(I)C1C1NC41. The van der Waals surface area contributed by atoms with E-state index in [0.29, 0.717) is 18.2 Å². The second kappa shape index (κ2) is 2.84. The molecule has 0 bridgehead atoms. The smallest absolute Gasteiger partial charge is 0.262 e. The Morgan fingerprint density at radius 1 is 1.33 bits per heavy atom. The van der Waals surface area contributed by atoms with Gasteiger partial charge in [0.25, 0.3) is 22.9 Å². The van der Waals surface area contributed by atoms with Gasteiger partial charge >= 0.3 is 0 Å². The van der Waals surface area contributed by atoms with Crippen LogP contribution < -0.4 is 8.01 Å². The zero-order valence-electron chi connectivity index (χ0n) is 9.97. The summed E-state index contributed by atoms with van der Waals surface area (Å²) in [6.07, 6.45) is 7.34. The fraction of sp³-hybridized carbons (Fsp3) is 0.286. The number of quaternary nitrogens is 1. The van der Waals surface area contributed by atoms with E-state index in [4.69, 9.17) is 0 Å². The lowest BCUT2D eigenvalue weighted by atomic mass is 9.93. The summed E-state index contributed by atoms with van der Waals surface area (Å²) in [5.41, 5.74) is 5.77. The topological polar surface area (TPSA) is 25.2 Å². The average molecular weight is 350 g/mol. The van der Waals surface area contributed by atoms with Gasteiger partial charge in [0.1, 0.15) is 6.04 Å². The average Bonchev–Trinajstić information content (AvgIpc) is 3.08. The van der Waals surface area contributed by atoms with Crippen molar-refractivity contribution >= 4 is 34.6 Å². The number of allylic oxidation sites excluding steroid dienone is 1. The first-order valence-corrected chi connectivity index (χ1v) is 7.28. The van der Waals surface area contributed by atoms with Crippen LogP contribution >= 0.6 is 22.9 Å². The van der Waals surface area contributed by atoms with Crippen LogP contribution in [0.4, 0.5) is 5.69 Å². The number of rotatable bonds is 0. The molecule has 0 aliphatic carbocycles. The maximum Gasteiger partial charge on any atom is 0.262 e. The molecule has 1 fully saturated rings. The van der Waals surface area contributed by atoms with Crippen LogP contribution in [0, 0.1) is 0 Å². The van der Waals surface area contributed by atoms with Crippen LogP contribution in [0.15, 0.2) is 36.2 Å². The van der Waals surface area contributed by atoms with Crippen molar-refractivity contribution in [3.63, 3.8) is 0 Å². The third kappa shape index (κ3) is 0.897. The summed E-state index contributed by atoms with van der Waals surface area (Å²) in [6, 6.07) is 7.87. The number of benzene rings is 1. The van der Waals surface area contributed by atoms with Crippen LogP contribution in [-0.4, -0.2) is 24.2 Å². The van der Waals surface area contributed by atoms with Crippen LogP contribution in [-0.2, 0) is 0 Å². The number of nitrogens with one attached hydrogen (secondary N) is 1. The maximum absolute atomic E-state index is 3.67. The summed E-state index contributed by atoms with van der Waals surface area (Å²) in [4.78, 5) is 2.38. The Morgan fingerprint density at radius 2 is 2.22 bits per heavy atom. The summed E-state index contributed by atoms with van der Waals surface area (Å²) in [5.74, 6) is 0. The van der Waals surface area contributed by atoms with Crippen LogP contribution in [0.2, 0.25) is 0 Å². The lowest BCUT2D eigenvalue weighted by molar-refractivity contribution is 0.257. The van der Waals surface area contributed by atoms with E-state index in [1.54, 1.807) is 0 Å². The van der Waals surface area contributed by atoms with E-state index in [1.807, 2.05) is 0 Å². The molecule has 90 valence electrons. The Balaban J connectivity index is 1.92. The standard InChI is InChI=1S/C14H13IN3/c1-17-7-9-6-5-8-3-2-4-10-11-12(16-11)14(17)18(9,15)13(8)10/h2-7,11-12,14,16H,1H3/q+1. The van der Waals surface area contributed by atoms with Gasteiger partial charge in [-0.3, -0.25) is 5.32 Å². The van der Waals surface area contributed by atoms with Gasteiger partial charge in [0.2, 0.25) is 0 Å². The predicted molar refractivity (Wildman–Crippen MR) is 80.6 cm³/mol. The molecule has 0 spiro atoms. The van der Waals surface area contributed by atoms with Crippen molar-refractivity contribution in [2.24, 2.45) is 0 Å². The number of para-hydroxylation sites is 1. The lowest BCUT2D eigenvalue weighted by Crippen LogP contribution is -2.55. The minimum Gasteiger partial charge on any atom is -0.324 e. The summed E-state index contributed by atoms with van der Waals surface area (Å²) in [7, 11) is 2.20. The van der Waals surface area contributed by atoms with Crippen molar-refractivity contribution in [1.29, 1.82) is 0 Å². The highest BCUT2D eigenvalue weighted by Gasteiger charge is 2.66. The Hall–Kier alpha value is -0.850. The molecule has 1 saturated heterocycles. The molecule has 1 aromatic carbocycles. The van der Waals surface area contributed by atoms with Crippen LogP contribution in [0.5, 0.6) is 0 Å². The molecule has 18 heavy (non-hydrogen) atoms. The van der Waals surface area contributed by atoms with Crippen molar-refractivity contribution in [1.82, 2.24) is 12.9 Å². The van der Waals surface area contributed by atoms with Crippen molar-refractivity contribution < 1.29 is 0 Å². The van der Waals surface area contributed by atoms with Gasteiger partial charge in [0.15, 0.2) is 17.6 Å². The van der Waals surface area contributed by atoms with E-state index < -0.39 is 0 Å². The largest absolute Gasteiger partial charge is 0.324 e. The highest BCUT2D eigenvalue weighted by atomic mass is 127. The number of fused-ring (bicyclic) bond motifs is 3. The molecule has 0 amide bonds. The Bertz CT molecular complexity index is 650. The quantitative estimate of drug-likeness (QED) is 0.442. The maximum atomic E-state index is 3.67. The van der Waals surface area contributed by atoms with E-state index >= 15 is 0 Å². The highest BCUT2D eigenvalue weighted by Crippen LogP contribution is 2.59. The first-order chi connectivity index (χ1) is 8.71. The fourth-order valence-corrected chi connectivity index (χ4v) is 5.45. The van der Waals surface area contributed by atoms with Gasteiger partial charge in [0, 0.05) is 24.3 Å². The van der Waals surface area contributed by atoms with Crippen molar-refractivity contribution in [2.45, 2.75) is 18.2 Å². The molecular weight excluding hydrogens is 337 g/mol. The monoisotopic (exact) mass is 350 g/mol. The summed E-state index contributed by atoms with van der Waals surface area (Å²) in [5, 5.41) is 3.67. The Kier molecular flexibility index (Phi) is 1.58. The molecule has 1 aromatic rings. The number of hydrogen-bond acceptors (Lipinski definition) is 2. The molecule has 3 nitrogen and oxygen atoms in total. The molecule has 0 radical (unpaired) electrons. The lowest BCUT2D eigenvalue weighted by Gasteiger charge is -2.40. The van der Waals surface area contributed by atoms with E-state index in [2.05, 4.69) is 76.7 Å².